The molecular formula is C15H17N3OS2. The predicted molar refractivity (Wildman–Crippen MR) is 87.0 cm³/mol. The van der Waals surface area contributed by atoms with Crippen LogP contribution in [-0.2, 0) is 0 Å². The number of pyridine rings is 1. The van der Waals surface area contributed by atoms with Gasteiger partial charge in [0.25, 0.3) is 5.91 Å². The number of thioether (sulfide) groups is 1. The van der Waals surface area contributed by atoms with Crippen LogP contribution >= 0.6 is 23.1 Å². The van der Waals surface area contributed by atoms with Crippen LogP contribution in [0.1, 0.15) is 23.3 Å². The Balaban J connectivity index is 1.53. The molecule has 0 radical (unpaired) electrons. The summed E-state index contributed by atoms with van der Waals surface area (Å²) in [6.07, 6.45) is 6.45. The van der Waals surface area contributed by atoms with E-state index in [-0.39, 0.29) is 12.1 Å². The molecular weight excluding hydrogens is 302 g/mol. The Morgan fingerprint density at radius 2 is 2.43 bits per heavy atom. The molecule has 21 heavy (non-hydrogen) atoms. The summed E-state index contributed by atoms with van der Waals surface area (Å²) in [5, 5.41) is 4.25. The number of fused-ring (bicyclic) bond motifs is 3. The second kappa shape index (κ2) is 5.26. The van der Waals surface area contributed by atoms with E-state index in [9.17, 15) is 4.79 Å². The minimum absolute atomic E-state index is 0.0476. The van der Waals surface area contributed by atoms with Crippen molar-refractivity contribution in [2.24, 2.45) is 5.92 Å². The van der Waals surface area contributed by atoms with Gasteiger partial charge in [-0.1, -0.05) is 0 Å². The summed E-state index contributed by atoms with van der Waals surface area (Å²) in [4.78, 5) is 19.1. The highest BCUT2D eigenvalue weighted by Gasteiger charge is 2.38. The lowest BCUT2D eigenvalue weighted by Crippen LogP contribution is -2.45. The number of thiophene rings is 1. The van der Waals surface area contributed by atoms with Crippen molar-refractivity contribution in [3.8, 4) is 0 Å². The first kappa shape index (κ1) is 13.5. The maximum atomic E-state index is 12.4. The van der Waals surface area contributed by atoms with Crippen molar-refractivity contribution in [3.63, 3.8) is 0 Å². The molecule has 3 unspecified atom stereocenters. The van der Waals surface area contributed by atoms with E-state index in [2.05, 4.69) is 27.5 Å². The van der Waals surface area contributed by atoms with Crippen molar-refractivity contribution in [1.29, 1.82) is 0 Å². The number of amides is 1. The number of carbonyl (C=O) groups excluding carboxylic acids is 1. The Kier molecular flexibility index (Phi) is 3.40. The molecule has 0 aliphatic carbocycles. The number of piperidine rings is 1. The molecule has 0 aromatic carbocycles. The maximum Gasteiger partial charge on any atom is 0.271 e. The zero-order chi connectivity index (χ0) is 14.4. The van der Waals surface area contributed by atoms with Crippen LogP contribution in [0.5, 0.6) is 0 Å². The van der Waals surface area contributed by atoms with Gasteiger partial charge in [0, 0.05) is 29.4 Å². The molecule has 1 N–H and O–H groups in total. The van der Waals surface area contributed by atoms with E-state index in [0.29, 0.717) is 5.69 Å². The lowest BCUT2D eigenvalue weighted by Gasteiger charge is -2.25. The Bertz CT molecular complexity index is 699. The van der Waals surface area contributed by atoms with E-state index in [1.54, 1.807) is 23.1 Å². The number of rotatable bonds is 3. The third-order valence-corrected chi connectivity index (χ3v) is 6.59. The van der Waals surface area contributed by atoms with Crippen molar-refractivity contribution in [3.05, 3.63) is 24.0 Å². The van der Waals surface area contributed by atoms with Crippen LogP contribution in [0.2, 0.25) is 0 Å². The third-order valence-electron chi connectivity index (χ3n) is 4.43. The quantitative estimate of drug-likeness (QED) is 0.884. The molecule has 4 heterocycles. The van der Waals surface area contributed by atoms with Crippen molar-refractivity contribution < 1.29 is 4.79 Å². The van der Waals surface area contributed by atoms with Crippen molar-refractivity contribution >= 4 is 39.1 Å². The second-order valence-electron chi connectivity index (χ2n) is 5.75. The topological polar surface area (TPSA) is 45.2 Å². The monoisotopic (exact) mass is 319 g/mol. The highest BCUT2D eigenvalue weighted by molar-refractivity contribution is 8.00. The van der Waals surface area contributed by atoms with Crippen molar-refractivity contribution in [2.45, 2.75) is 23.2 Å². The standard InChI is InChI=1S/C15H17N3OS2/c1-20-14-5-10-7-16-11(6-12(10)21-14)15(19)17-13-4-9-2-3-18(13)8-9/h5-7,9,13H,2-4,8H2,1H3,(H,17,19). The lowest BCUT2D eigenvalue weighted by atomic mass is 10.0. The van der Waals surface area contributed by atoms with Crippen LogP contribution in [0, 0.1) is 5.92 Å². The van der Waals surface area contributed by atoms with E-state index in [1.807, 2.05) is 12.3 Å². The van der Waals surface area contributed by atoms with Gasteiger partial charge in [-0.3, -0.25) is 14.7 Å². The Hall–Kier alpha value is -1.11. The zero-order valence-electron chi connectivity index (χ0n) is 11.8. The van der Waals surface area contributed by atoms with Crippen LogP contribution in [0.3, 0.4) is 0 Å². The van der Waals surface area contributed by atoms with Gasteiger partial charge in [0.2, 0.25) is 0 Å². The number of carbonyl (C=O) groups is 1. The Morgan fingerprint density at radius 1 is 1.52 bits per heavy atom. The maximum absolute atomic E-state index is 12.4. The lowest BCUT2D eigenvalue weighted by molar-refractivity contribution is 0.0878. The van der Waals surface area contributed by atoms with Crippen LogP contribution in [0.25, 0.3) is 10.1 Å². The van der Waals surface area contributed by atoms with E-state index in [1.165, 1.54) is 10.6 Å². The van der Waals surface area contributed by atoms with E-state index >= 15 is 0 Å². The molecule has 1 amide bonds. The summed E-state index contributed by atoms with van der Waals surface area (Å²) in [7, 11) is 0. The van der Waals surface area contributed by atoms with Gasteiger partial charge in [-0.25, -0.2) is 0 Å². The first-order valence-electron chi connectivity index (χ1n) is 7.21. The average molecular weight is 319 g/mol. The molecule has 0 spiro atoms. The normalized spacial score (nSPS) is 27.4. The summed E-state index contributed by atoms with van der Waals surface area (Å²) < 4.78 is 2.39. The molecule has 2 aliphatic heterocycles. The molecule has 2 aliphatic rings. The van der Waals surface area contributed by atoms with E-state index in [4.69, 9.17) is 0 Å². The minimum Gasteiger partial charge on any atom is -0.335 e. The molecule has 2 bridgehead atoms. The van der Waals surface area contributed by atoms with Crippen molar-refractivity contribution in [1.82, 2.24) is 15.2 Å². The predicted octanol–water partition coefficient (Wildman–Crippen LogP) is 2.80. The van der Waals surface area contributed by atoms with Crippen LogP contribution in [-0.4, -0.2) is 41.3 Å². The third kappa shape index (κ3) is 2.45. The van der Waals surface area contributed by atoms with Gasteiger partial charge in [0.05, 0.1) is 10.4 Å². The van der Waals surface area contributed by atoms with Gasteiger partial charge in [-0.15, -0.1) is 23.1 Å². The number of hydrogen-bond donors (Lipinski definition) is 1. The smallest absolute Gasteiger partial charge is 0.271 e. The number of nitrogens with one attached hydrogen (secondary N) is 1. The Morgan fingerprint density at radius 3 is 3.14 bits per heavy atom. The largest absolute Gasteiger partial charge is 0.335 e. The number of hydrogen-bond acceptors (Lipinski definition) is 5. The highest BCUT2D eigenvalue weighted by atomic mass is 32.2. The summed E-state index contributed by atoms with van der Waals surface area (Å²) in [5.41, 5.74) is 0.529. The van der Waals surface area contributed by atoms with E-state index in [0.717, 1.165) is 35.5 Å². The van der Waals surface area contributed by atoms with Gasteiger partial charge >= 0.3 is 0 Å². The minimum atomic E-state index is -0.0476. The molecule has 0 saturated carbocycles. The van der Waals surface area contributed by atoms with E-state index < -0.39 is 0 Å². The molecule has 2 aromatic heterocycles. The summed E-state index contributed by atoms with van der Waals surface area (Å²) in [5.74, 6) is 0.723. The SMILES string of the molecule is CSc1cc2cnc(C(=O)NC3CC4CCN3C4)cc2s1. The van der Waals surface area contributed by atoms with Gasteiger partial charge in [0.15, 0.2) is 0 Å². The summed E-state index contributed by atoms with van der Waals surface area (Å²) in [6, 6.07) is 4.04. The summed E-state index contributed by atoms with van der Waals surface area (Å²) >= 11 is 3.44. The zero-order valence-corrected chi connectivity index (χ0v) is 13.5. The molecule has 2 aromatic rings. The fourth-order valence-electron chi connectivity index (χ4n) is 3.31. The van der Waals surface area contributed by atoms with Crippen molar-refractivity contribution in [2.75, 3.05) is 19.3 Å². The molecule has 4 rings (SSSR count). The average Bonchev–Trinajstić information content (AvgIpc) is 3.20. The first-order chi connectivity index (χ1) is 10.2. The van der Waals surface area contributed by atoms with Gasteiger partial charge < -0.3 is 5.32 Å². The summed E-state index contributed by atoms with van der Waals surface area (Å²) in [6.45, 7) is 2.25. The molecule has 2 saturated heterocycles. The van der Waals surface area contributed by atoms with Gasteiger partial charge in [-0.05, 0) is 37.1 Å². The molecule has 3 atom stereocenters. The van der Waals surface area contributed by atoms with Crippen LogP contribution in [0.4, 0.5) is 0 Å². The Labute approximate surface area is 131 Å². The first-order valence-corrected chi connectivity index (χ1v) is 9.25. The molecule has 4 nitrogen and oxygen atoms in total. The fourth-order valence-corrected chi connectivity index (χ4v) is 4.96. The molecule has 6 heteroatoms. The molecule has 110 valence electrons. The fraction of sp³-hybridized carbons (Fsp3) is 0.467. The van der Waals surface area contributed by atoms with Gasteiger partial charge in [-0.2, -0.15) is 0 Å². The molecule has 2 fully saturated rings. The second-order valence-corrected chi connectivity index (χ2v) is 7.94. The van der Waals surface area contributed by atoms with Crippen LogP contribution < -0.4 is 5.32 Å². The number of nitrogens with zero attached hydrogens (tertiary/aromatic N) is 2. The van der Waals surface area contributed by atoms with Crippen LogP contribution in [0.15, 0.2) is 22.5 Å². The highest BCUT2D eigenvalue weighted by Crippen LogP contribution is 2.33. The van der Waals surface area contributed by atoms with Gasteiger partial charge in [0.1, 0.15) is 5.69 Å². The number of aromatic nitrogens is 1.